The van der Waals surface area contributed by atoms with Crippen LogP contribution in [0.5, 0.6) is 0 Å². The minimum absolute atomic E-state index is 0.150. The number of nitrogens with one attached hydrogen (secondary N) is 1. The Balaban J connectivity index is 3.78. The third-order valence-electron chi connectivity index (χ3n) is 8.40. The molecule has 1 amide bonds. The van der Waals surface area contributed by atoms with Gasteiger partial charge in [-0.3, -0.25) is 4.79 Å². The van der Waals surface area contributed by atoms with Gasteiger partial charge >= 0.3 is 0 Å². The van der Waals surface area contributed by atoms with Gasteiger partial charge in [0.05, 0.1) is 18.8 Å². The lowest BCUT2D eigenvalue weighted by atomic mass is 10.0. The topological polar surface area (TPSA) is 69.6 Å². The highest BCUT2D eigenvalue weighted by Gasteiger charge is 2.17. The Kier molecular flexibility index (Phi) is 37.0. The molecule has 0 heterocycles. The van der Waals surface area contributed by atoms with Gasteiger partial charge in [-0.15, -0.1) is 0 Å². The number of unbranched alkanes of at least 4 members (excludes halogenated alkanes) is 15. The molecular formula is C44H75NO3. The molecule has 274 valence electrons. The van der Waals surface area contributed by atoms with Crippen LogP contribution in [0.15, 0.2) is 85.1 Å². The Hall–Kier alpha value is -2.43. The molecule has 2 unspecified atom stereocenters. The molecule has 0 aromatic heterocycles. The van der Waals surface area contributed by atoms with Crippen molar-refractivity contribution in [3.8, 4) is 0 Å². The molecule has 0 spiro atoms. The molecule has 4 nitrogen and oxygen atoms in total. The second-order valence-electron chi connectivity index (χ2n) is 13.0. The zero-order valence-electron chi connectivity index (χ0n) is 31.2. The first-order valence-electron chi connectivity index (χ1n) is 19.8. The average molecular weight is 666 g/mol. The first-order valence-corrected chi connectivity index (χ1v) is 19.8. The predicted octanol–water partition coefficient (Wildman–Crippen LogP) is 12.1. The predicted molar refractivity (Wildman–Crippen MR) is 211 cm³/mol. The molecule has 48 heavy (non-hydrogen) atoms. The molecule has 0 saturated carbocycles. The number of carbonyl (C=O) groups is 1. The van der Waals surface area contributed by atoms with Gasteiger partial charge in [-0.1, -0.05) is 189 Å². The summed E-state index contributed by atoms with van der Waals surface area (Å²) in [5.74, 6) is -0.150. The van der Waals surface area contributed by atoms with Gasteiger partial charge < -0.3 is 15.5 Å². The van der Waals surface area contributed by atoms with Crippen LogP contribution in [-0.2, 0) is 4.79 Å². The van der Waals surface area contributed by atoms with Crippen LogP contribution in [0, 0.1) is 0 Å². The average Bonchev–Trinajstić information content (AvgIpc) is 3.09. The van der Waals surface area contributed by atoms with Crippen LogP contribution in [0.4, 0.5) is 0 Å². The van der Waals surface area contributed by atoms with E-state index in [0.29, 0.717) is 12.8 Å². The zero-order valence-corrected chi connectivity index (χ0v) is 31.2. The molecule has 0 radical (unpaired) electrons. The van der Waals surface area contributed by atoms with Crippen molar-refractivity contribution in [1.82, 2.24) is 5.32 Å². The SMILES string of the molecule is CC/C=C\C/C=C\C/C=C\C/C=C\C/C=C\C/C=C\CCC(=O)NC(CO)C(O)/C=C/CCCCCCCCCCCCCCCCC. The van der Waals surface area contributed by atoms with Gasteiger partial charge in [0.1, 0.15) is 0 Å². The number of hydrogen-bond donors (Lipinski definition) is 3. The number of hydrogen-bond acceptors (Lipinski definition) is 3. The minimum Gasteiger partial charge on any atom is -0.394 e. The van der Waals surface area contributed by atoms with E-state index in [1.54, 1.807) is 6.08 Å². The Morgan fingerprint density at radius 1 is 0.521 bits per heavy atom. The van der Waals surface area contributed by atoms with E-state index in [1.165, 1.54) is 89.9 Å². The Morgan fingerprint density at radius 2 is 0.917 bits per heavy atom. The maximum atomic E-state index is 12.3. The molecule has 0 rings (SSSR count). The molecule has 3 N–H and O–H groups in total. The minimum atomic E-state index is -0.874. The largest absolute Gasteiger partial charge is 0.394 e. The summed E-state index contributed by atoms with van der Waals surface area (Å²) in [4.78, 5) is 12.3. The van der Waals surface area contributed by atoms with Crippen LogP contribution in [0.3, 0.4) is 0 Å². The smallest absolute Gasteiger partial charge is 0.220 e. The summed E-state index contributed by atoms with van der Waals surface area (Å²) in [5, 5.41) is 22.9. The molecule has 0 aromatic carbocycles. The summed E-state index contributed by atoms with van der Waals surface area (Å²) in [6, 6.07) is -0.667. The number of aliphatic hydroxyl groups excluding tert-OH is 2. The molecule has 0 aliphatic heterocycles. The van der Waals surface area contributed by atoms with E-state index in [9.17, 15) is 15.0 Å². The van der Waals surface area contributed by atoms with Crippen molar-refractivity contribution in [2.45, 2.75) is 180 Å². The third kappa shape index (κ3) is 34.9. The van der Waals surface area contributed by atoms with Crippen molar-refractivity contribution in [2.24, 2.45) is 0 Å². The van der Waals surface area contributed by atoms with Crippen molar-refractivity contribution in [3.63, 3.8) is 0 Å². The summed E-state index contributed by atoms with van der Waals surface area (Å²) >= 11 is 0. The fourth-order valence-electron chi connectivity index (χ4n) is 5.38. The molecule has 0 aliphatic rings. The van der Waals surface area contributed by atoms with Crippen molar-refractivity contribution in [2.75, 3.05) is 6.61 Å². The number of allylic oxidation sites excluding steroid dienone is 13. The highest BCUT2D eigenvalue weighted by Crippen LogP contribution is 2.14. The maximum Gasteiger partial charge on any atom is 0.220 e. The van der Waals surface area contributed by atoms with Gasteiger partial charge in [-0.2, -0.15) is 0 Å². The quantitative estimate of drug-likeness (QED) is 0.0473. The van der Waals surface area contributed by atoms with Crippen LogP contribution >= 0.6 is 0 Å². The maximum absolute atomic E-state index is 12.3. The van der Waals surface area contributed by atoms with Crippen LogP contribution in [-0.4, -0.2) is 34.9 Å². The second kappa shape index (κ2) is 39.0. The Bertz CT molecular complexity index is 895. The molecular weight excluding hydrogens is 590 g/mol. The van der Waals surface area contributed by atoms with Gasteiger partial charge in [0.25, 0.3) is 0 Å². The molecule has 0 aliphatic carbocycles. The van der Waals surface area contributed by atoms with Gasteiger partial charge in [-0.25, -0.2) is 0 Å². The van der Waals surface area contributed by atoms with E-state index >= 15 is 0 Å². The van der Waals surface area contributed by atoms with Crippen LogP contribution in [0.25, 0.3) is 0 Å². The first-order chi connectivity index (χ1) is 23.7. The highest BCUT2D eigenvalue weighted by molar-refractivity contribution is 5.76. The number of amides is 1. The molecule has 0 bridgehead atoms. The Labute approximate surface area is 297 Å². The fraction of sp³-hybridized carbons (Fsp3) is 0.659. The summed E-state index contributed by atoms with van der Waals surface area (Å²) < 4.78 is 0. The summed E-state index contributed by atoms with van der Waals surface area (Å²) in [6.45, 7) is 4.15. The lowest BCUT2D eigenvalue weighted by molar-refractivity contribution is -0.122. The number of carbonyl (C=O) groups excluding carboxylic acids is 1. The van der Waals surface area contributed by atoms with E-state index in [2.05, 4.69) is 86.0 Å². The molecule has 2 atom stereocenters. The molecule has 0 fully saturated rings. The van der Waals surface area contributed by atoms with Crippen molar-refractivity contribution in [3.05, 3.63) is 85.1 Å². The van der Waals surface area contributed by atoms with E-state index in [0.717, 1.165) is 51.4 Å². The lowest BCUT2D eigenvalue weighted by Crippen LogP contribution is -2.45. The van der Waals surface area contributed by atoms with Crippen molar-refractivity contribution < 1.29 is 15.0 Å². The second-order valence-corrected chi connectivity index (χ2v) is 13.0. The van der Waals surface area contributed by atoms with Gasteiger partial charge in [0.2, 0.25) is 5.91 Å². The third-order valence-corrected chi connectivity index (χ3v) is 8.40. The number of rotatable bonds is 34. The lowest BCUT2D eigenvalue weighted by Gasteiger charge is -2.19. The monoisotopic (exact) mass is 666 g/mol. The molecule has 0 saturated heterocycles. The van der Waals surface area contributed by atoms with Crippen LogP contribution < -0.4 is 5.32 Å². The molecule has 0 aromatic rings. The normalized spacial score (nSPS) is 14.0. The summed E-state index contributed by atoms with van der Waals surface area (Å²) in [7, 11) is 0. The van der Waals surface area contributed by atoms with Gasteiger partial charge in [0, 0.05) is 6.42 Å². The molecule has 4 heteroatoms. The van der Waals surface area contributed by atoms with Crippen LogP contribution in [0.2, 0.25) is 0 Å². The van der Waals surface area contributed by atoms with Crippen molar-refractivity contribution >= 4 is 5.91 Å². The Morgan fingerprint density at radius 3 is 1.33 bits per heavy atom. The van der Waals surface area contributed by atoms with E-state index in [1.807, 2.05) is 12.2 Å². The van der Waals surface area contributed by atoms with E-state index in [-0.39, 0.29) is 12.5 Å². The zero-order chi connectivity index (χ0) is 35.0. The summed E-state index contributed by atoms with van der Waals surface area (Å²) in [6.07, 6.45) is 56.8. The van der Waals surface area contributed by atoms with Gasteiger partial charge in [0.15, 0.2) is 0 Å². The number of aliphatic hydroxyl groups is 2. The summed E-state index contributed by atoms with van der Waals surface area (Å²) in [5.41, 5.74) is 0. The standard InChI is InChI=1S/C44H75NO3/c1-3-5-7-9-11-13-15-17-19-21-22-24-26-28-30-32-34-36-38-40-44(48)45-42(41-46)43(47)39-37-35-33-31-29-27-25-23-20-18-16-14-12-10-8-6-4-2/h5,7,11,13,17,19,22,24,28,30,34,36-37,39,42-43,46-47H,3-4,6,8-10,12,14-16,18,20-21,23,25-27,29,31-33,35,38,40-41H2,1-2H3,(H,45,48)/b7-5-,13-11-,19-17-,24-22-,30-28-,36-34-,39-37+. The van der Waals surface area contributed by atoms with Crippen molar-refractivity contribution in [1.29, 1.82) is 0 Å². The van der Waals surface area contributed by atoms with Crippen LogP contribution in [0.1, 0.15) is 168 Å². The fourth-order valence-corrected chi connectivity index (χ4v) is 5.38. The van der Waals surface area contributed by atoms with E-state index in [4.69, 9.17) is 0 Å². The van der Waals surface area contributed by atoms with E-state index < -0.39 is 12.1 Å². The highest BCUT2D eigenvalue weighted by atomic mass is 16.3. The van der Waals surface area contributed by atoms with Gasteiger partial charge in [-0.05, 0) is 57.8 Å². The first kappa shape index (κ1) is 45.6.